The van der Waals surface area contributed by atoms with E-state index >= 15 is 0 Å². The molecule has 1 aliphatic rings. The summed E-state index contributed by atoms with van der Waals surface area (Å²) in [6.45, 7) is -0.227. The van der Waals surface area contributed by atoms with E-state index in [-0.39, 0.29) is 32.2 Å². The Morgan fingerprint density at radius 2 is 1.71 bits per heavy atom. The van der Waals surface area contributed by atoms with E-state index < -0.39 is 24.1 Å². The van der Waals surface area contributed by atoms with Gasteiger partial charge >= 0.3 is 12.1 Å². The SMILES string of the molecule is COC(CNC(=O)OCC1c2ccccc2-c2ccccc21)C(=O)NCc1cn(CC(=O)O)nn1. The number of fused-ring (bicyclic) bond motifs is 3. The highest BCUT2D eigenvalue weighted by Crippen LogP contribution is 2.44. The Balaban J connectivity index is 1.26. The maximum atomic E-state index is 12.4. The van der Waals surface area contributed by atoms with Crippen molar-refractivity contribution in [2.45, 2.75) is 25.1 Å². The number of aromatic nitrogens is 3. The second-order valence-corrected chi connectivity index (χ2v) is 7.95. The molecule has 35 heavy (non-hydrogen) atoms. The Hall–Kier alpha value is -4.25. The number of carbonyl (C=O) groups excluding carboxylic acids is 2. The average molecular weight is 479 g/mol. The van der Waals surface area contributed by atoms with Gasteiger partial charge in [0.1, 0.15) is 18.8 Å². The molecule has 0 aliphatic heterocycles. The molecule has 2 aromatic carbocycles. The fraction of sp³-hybridized carbons (Fsp3) is 0.292. The average Bonchev–Trinajstić information content (AvgIpc) is 3.43. The number of nitrogens with one attached hydrogen (secondary N) is 2. The van der Waals surface area contributed by atoms with Crippen LogP contribution >= 0.6 is 0 Å². The smallest absolute Gasteiger partial charge is 0.407 e. The van der Waals surface area contributed by atoms with Gasteiger partial charge in [-0.1, -0.05) is 53.7 Å². The highest BCUT2D eigenvalue weighted by atomic mass is 16.5. The van der Waals surface area contributed by atoms with E-state index in [1.54, 1.807) is 0 Å². The van der Waals surface area contributed by atoms with Gasteiger partial charge in [-0.2, -0.15) is 0 Å². The van der Waals surface area contributed by atoms with Crippen LogP contribution in [0.1, 0.15) is 22.7 Å². The van der Waals surface area contributed by atoms with Crippen molar-refractivity contribution in [2.24, 2.45) is 0 Å². The van der Waals surface area contributed by atoms with Crippen LogP contribution in [0.2, 0.25) is 0 Å². The summed E-state index contributed by atoms with van der Waals surface area (Å²) in [5, 5.41) is 21.4. The molecule has 3 N–H and O–H groups in total. The molecule has 3 aromatic rings. The molecule has 0 spiro atoms. The molecule has 1 aromatic heterocycles. The predicted molar refractivity (Wildman–Crippen MR) is 123 cm³/mol. The first-order valence-electron chi connectivity index (χ1n) is 11.0. The minimum Gasteiger partial charge on any atom is -0.480 e. The van der Waals surface area contributed by atoms with Gasteiger partial charge in [0.2, 0.25) is 0 Å². The van der Waals surface area contributed by atoms with Crippen molar-refractivity contribution in [3.05, 3.63) is 71.5 Å². The quantitative estimate of drug-likeness (QED) is 0.397. The van der Waals surface area contributed by atoms with Crippen LogP contribution in [0.3, 0.4) is 0 Å². The Labute approximate surface area is 201 Å². The van der Waals surface area contributed by atoms with Crippen LogP contribution in [0.4, 0.5) is 4.79 Å². The van der Waals surface area contributed by atoms with Crippen LogP contribution < -0.4 is 10.6 Å². The Morgan fingerprint density at radius 1 is 1.06 bits per heavy atom. The fourth-order valence-electron chi connectivity index (χ4n) is 4.04. The van der Waals surface area contributed by atoms with Crippen molar-refractivity contribution in [3.8, 4) is 11.1 Å². The van der Waals surface area contributed by atoms with E-state index in [2.05, 4.69) is 33.1 Å². The number of carboxylic acids is 1. The number of amides is 2. The van der Waals surface area contributed by atoms with Crippen molar-refractivity contribution in [3.63, 3.8) is 0 Å². The number of ether oxygens (including phenoxy) is 2. The summed E-state index contributed by atoms with van der Waals surface area (Å²) >= 11 is 0. The van der Waals surface area contributed by atoms with Gasteiger partial charge in [0.15, 0.2) is 6.10 Å². The molecule has 1 atom stereocenters. The minimum atomic E-state index is -1.05. The van der Waals surface area contributed by atoms with Gasteiger partial charge in [-0.3, -0.25) is 9.59 Å². The van der Waals surface area contributed by atoms with Crippen molar-refractivity contribution < 1.29 is 29.0 Å². The zero-order valence-corrected chi connectivity index (χ0v) is 19.0. The van der Waals surface area contributed by atoms with Gasteiger partial charge in [0, 0.05) is 13.0 Å². The second-order valence-electron chi connectivity index (χ2n) is 7.95. The topological polar surface area (TPSA) is 145 Å². The van der Waals surface area contributed by atoms with E-state index in [1.165, 1.54) is 13.3 Å². The van der Waals surface area contributed by atoms with E-state index in [1.807, 2.05) is 36.4 Å². The van der Waals surface area contributed by atoms with Crippen LogP contribution in [0, 0.1) is 0 Å². The van der Waals surface area contributed by atoms with Crippen LogP contribution in [0.5, 0.6) is 0 Å². The number of carbonyl (C=O) groups is 3. The van der Waals surface area contributed by atoms with Crippen LogP contribution in [-0.4, -0.2) is 64.4 Å². The summed E-state index contributed by atoms with van der Waals surface area (Å²) in [6.07, 6.45) is -0.187. The molecular weight excluding hydrogens is 454 g/mol. The maximum Gasteiger partial charge on any atom is 0.407 e. The first kappa shape index (κ1) is 23.9. The summed E-state index contributed by atoms with van der Waals surface area (Å²) in [7, 11) is 1.35. The fourth-order valence-corrected chi connectivity index (χ4v) is 4.04. The molecule has 0 radical (unpaired) electrons. The zero-order chi connectivity index (χ0) is 24.8. The number of rotatable bonds is 10. The third kappa shape index (κ3) is 5.64. The van der Waals surface area contributed by atoms with Gasteiger partial charge in [-0.25, -0.2) is 9.48 Å². The number of alkyl carbamates (subject to hydrolysis) is 1. The molecule has 182 valence electrons. The van der Waals surface area contributed by atoms with Gasteiger partial charge in [0.05, 0.1) is 19.3 Å². The first-order valence-corrected chi connectivity index (χ1v) is 11.0. The lowest BCUT2D eigenvalue weighted by Crippen LogP contribution is -2.43. The molecule has 11 heteroatoms. The lowest BCUT2D eigenvalue weighted by molar-refractivity contribution is -0.138. The molecule has 1 heterocycles. The first-order chi connectivity index (χ1) is 17.0. The number of hydrogen-bond acceptors (Lipinski definition) is 7. The van der Waals surface area contributed by atoms with E-state index in [9.17, 15) is 14.4 Å². The molecule has 11 nitrogen and oxygen atoms in total. The molecule has 4 rings (SSSR count). The molecule has 0 saturated heterocycles. The zero-order valence-electron chi connectivity index (χ0n) is 19.0. The third-order valence-corrected chi connectivity index (χ3v) is 5.68. The van der Waals surface area contributed by atoms with E-state index in [4.69, 9.17) is 14.6 Å². The predicted octanol–water partition coefficient (Wildman–Crippen LogP) is 1.53. The summed E-state index contributed by atoms with van der Waals surface area (Å²) in [5.41, 5.74) is 4.87. The lowest BCUT2D eigenvalue weighted by atomic mass is 9.98. The monoisotopic (exact) mass is 479 g/mol. The normalized spacial score (nSPS) is 12.9. The molecule has 0 bridgehead atoms. The van der Waals surface area contributed by atoms with Gasteiger partial charge < -0.3 is 25.2 Å². The number of methoxy groups -OCH3 is 1. The number of benzene rings is 2. The molecule has 0 saturated carbocycles. The van der Waals surface area contributed by atoms with Gasteiger partial charge in [-0.15, -0.1) is 5.10 Å². The van der Waals surface area contributed by atoms with Crippen LogP contribution in [-0.2, 0) is 32.2 Å². The minimum absolute atomic E-state index is 0.0310. The number of carboxylic acid groups (broad SMARTS) is 1. The summed E-state index contributed by atoms with van der Waals surface area (Å²) in [6, 6.07) is 16.1. The molecule has 1 aliphatic carbocycles. The Morgan fingerprint density at radius 3 is 2.34 bits per heavy atom. The summed E-state index contributed by atoms with van der Waals surface area (Å²) in [5.74, 6) is -1.59. The number of aliphatic carboxylic acids is 1. The third-order valence-electron chi connectivity index (χ3n) is 5.68. The maximum absolute atomic E-state index is 12.4. The largest absolute Gasteiger partial charge is 0.480 e. The van der Waals surface area contributed by atoms with Gasteiger partial charge in [-0.05, 0) is 22.3 Å². The standard InChI is InChI=1S/C24H25N5O6/c1-34-21(23(32)25-10-15-12-29(28-27-15)13-22(30)31)11-26-24(33)35-14-20-18-8-4-2-6-16(18)17-7-3-5-9-19(17)20/h2-9,12,20-21H,10-11,13-14H2,1H3,(H,25,32)(H,26,33)(H,30,31). The van der Waals surface area contributed by atoms with Crippen molar-refractivity contribution in [1.29, 1.82) is 0 Å². The molecule has 2 amide bonds. The van der Waals surface area contributed by atoms with E-state index in [0.717, 1.165) is 26.9 Å². The Kier molecular flexibility index (Phi) is 7.36. The summed E-state index contributed by atoms with van der Waals surface area (Å²) < 4.78 is 11.8. The Bertz CT molecular complexity index is 1180. The second kappa shape index (κ2) is 10.8. The number of nitrogens with zero attached hydrogens (tertiary/aromatic N) is 3. The van der Waals surface area contributed by atoms with Crippen molar-refractivity contribution in [1.82, 2.24) is 25.6 Å². The van der Waals surface area contributed by atoms with E-state index in [0.29, 0.717) is 5.69 Å². The lowest BCUT2D eigenvalue weighted by Gasteiger charge is -2.17. The van der Waals surface area contributed by atoms with Crippen LogP contribution in [0.25, 0.3) is 11.1 Å². The van der Waals surface area contributed by atoms with Crippen molar-refractivity contribution in [2.75, 3.05) is 20.3 Å². The van der Waals surface area contributed by atoms with Crippen LogP contribution in [0.15, 0.2) is 54.7 Å². The highest BCUT2D eigenvalue weighted by molar-refractivity contribution is 5.82. The summed E-state index contributed by atoms with van der Waals surface area (Å²) in [4.78, 5) is 35.5. The number of hydrogen-bond donors (Lipinski definition) is 3. The van der Waals surface area contributed by atoms with Gasteiger partial charge in [0.25, 0.3) is 5.91 Å². The molecule has 0 fully saturated rings. The molecular formula is C24H25N5O6. The molecule has 1 unspecified atom stereocenters. The highest BCUT2D eigenvalue weighted by Gasteiger charge is 2.29. The van der Waals surface area contributed by atoms with Crippen molar-refractivity contribution >= 4 is 18.0 Å².